The van der Waals surface area contributed by atoms with Gasteiger partial charge in [0.25, 0.3) is 0 Å². The zero-order chi connectivity index (χ0) is 12.1. The Kier molecular flexibility index (Phi) is 3.75. The average Bonchev–Trinajstić information content (AvgIpc) is 2.73. The number of carbonyl (C=O) groups is 1. The fourth-order valence-corrected chi connectivity index (χ4v) is 1.68. The second kappa shape index (κ2) is 5.48. The van der Waals surface area contributed by atoms with Gasteiger partial charge in [-0.05, 0) is 18.6 Å². The van der Waals surface area contributed by atoms with Crippen LogP contribution in [0.1, 0.15) is 25.5 Å². The molecule has 1 N–H and O–H groups in total. The Morgan fingerprint density at radius 3 is 3.06 bits per heavy atom. The smallest absolute Gasteiger partial charge is 0.226 e. The highest BCUT2D eigenvalue weighted by Crippen LogP contribution is 2.17. The van der Waals surface area contributed by atoms with Crippen LogP contribution in [0.4, 0.5) is 0 Å². The van der Waals surface area contributed by atoms with Gasteiger partial charge in [-0.1, -0.05) is 30.6 Å². The minimum Gasteiger partial charge on any atom is -0.356 e. The van der Waals surface area contributed by atoms with Crippen LogP contribution in [-0.2, 0) is 11.2 Å². The molecule has 17 heavy (non-hydrogen) atoms. The van der Waals surface area contributed by atoms with Crippen molar-refractivity contribution in [2.45, 2.75) is 26.2 Å². The summed E-state index contributed by atoms with van der Waals surface area (Å²) in [6.45, 7) is 2.82. The Balaban J connectivity index is 2.01. The average molecular weight is 232 g/mol. The number of nitrogens with one attached hydrogen (secondary N) is 1. The third kappa shape index (κ3) is 2.84. The molecule has 0 aliphatic rings. The van der Waals surface area contributed by atoms with E-state index in [1.807, 2.05) is 24.3 Å². The normalized spacial score (nSPS) is 10.6. The summed E-state index contributed by atoms with van der Waals surface area (Å²) in [6.07, 6.45) is 2.36. The number of nitrogens with zero attached hydrogens (tertiary/aromatic N) is 1. The molecule has 0 aliphatic carbocycles. The van der Waals surface area contributed by atoms with Gasteiger partial charge in [0.1, 0.15) is 5.69 Å². The summed E-state index contributed by atoms with van der Waals surface area (Å²) < 4.78 is 5.15. The van der Waals surface area contributed by atoms with Gasteiger partial charge in [-0.2, -0.15) is 0 Å². The van der Waals surface area contributed by atoms with Crippen LogP contribution in [0.2, 0.25) is 0 Å². The Hall–Kier alpha value is -1.84. The van der Waals surface area contributed by atoms with E-state index in [0.717, 1.165) is 30.4 Å². The predicted octanol–water partition coefficient (Wildman–Crippen LogP) is 2.29. The molecule has 0 fully saturated rings. The van der Waals surface area contributed by atoms with Gasteiger partial charge < -0.3 is 9.84 Å². The van der Waals surface area contributed by atoms with Crippen LogP contribution in [0.3, 0.4) is 0 Å². The molecule has 0 saturated heterocycles. The van der Waals surface area contributed by atoms with E-state index >= 15 is 0 Å². The number of carbonyl (C=O) groups excluding carboxylic acids is 1. The Morgan fingerprint density at radius 1 is 1.41 bits per heavy atom. The summed E-state index contributed by atoms with van der Waals surface area (Å²) in [5.74, 6) is -0.00231. The number of benzene rings is 1. The minimum atomic E-state index is -0.00231. The van der Waals surface area contributed by atoms with Crippen molar-refractivity contribution < 1.29 is 9.32 Å². The van der Waals surface area contributed by atoms with Gasteiger partial charge >= 0.3 is 0 Å². The quantitative estimate of drug-likeness (QED) is 0.805. The van der Waals surface area contributed by atoms with Gasteiger partial charge in [-0.3, -0.25) is 4.79 Å². The van der Waals surface area contributed by atoms with E-state index < -0.39 is 0 Å². The van der Waals surface area contributed by atoms with Crippen LogP contribution in [0.15, 0.2) is 28.8 Å². The largest absolute Gasteiger partial charge is 0.356 e. The van der Waals surface area contributed by atoms with Crippen molar-refractivity contribution >= 4 is 16.9 Å². The van der Waals surface area contributed by atoms with Crippen molar-refractivity contribution in [1.82, 2.24) is 10.5 Å². The van der Waals surface area contributed by atoms with Crippen molar-refractivity contribution in [2.24, 2.45) is 0 Å². The Labute approximate surface area is 100.0 Å². The summed E-state index contributed by atoms with van der Waals surface area (Å²) in [4.78, 5) is 11.6. The zero-order valence-electron chi connectivity index (χ0n) is 9.90. The molecule has 0 unspecified atom stereocenters. The van der Waals surface area contributed by atoms with Crippen LogP contribution < -0.4 is 5.32 Å². The number of amides is 1. The SMILES string of the molecule is CCCCNC(=O)Cc1noc2ccccc12. The van der Waals surface area contributed by atoms with Crippen LogP contribution >= 0.6 is 0 Å². The molecule has 0 aliphatic heterocycles. The van der Waals surface area contributed by atoms with Gasteiger partial charge in [0.2, 0.25) is 5.91 Å². The number of hydrogen-bond acceptors (Lipinski definition) is 3. The van der Waals surface area contributed by atoms with Crippen molar-refractivity contribution in [1.29, 1.82) is 0 Å². The van der Waals surface area contributed by atoms with Crippen molar-refractivity contribution in [2.75, 3.05) is 6.54 Å². The maximum Gasteiger partial charge on any atom is 0.226 e. The van der Waals surface area contributed by atoms with Crippen LogP contribution in [0.5, 0.6) is 0 Å². The van der Waals surface area contributed by atoms with Crippen molar-refractivity contribution in [3.8, 4) is 0 Å². The first-order valence-corrected chi connectivity index (χ1v) is 5.91. The molecule has 4 heteroatoms. The van der Waals surface area contributed by atoms with Crippen LogP contribution in [-0.4, -0.2) is 17.6 Å². The molecule has 0 spiro atoms. The van der Waals surface area contributed by atoms with Gasteiger partial charge in [0, 0.05) is 11.9 Å². The lowest BCUT2D eigenvalue weighted by Crippen LogP contribution is -2.26. The van der Waals surface area contributed by atoms with E-state index in [9.17, 15) is 4.79 Å². The molecular formula is C13H16N2O2. The van der Waals surface area contributed by atoms with Crippen molar-refractivity contribution in [3.63, 3.8) is 0 Å². The maximum atomic E-state index is 11.6. The fraction of sp³-hybridized carbons (Fsp3) is 0.385. The molecule has 0 atom stereocenters. The number of hydrogen-bond donors (Lipinski definition) is 1. The molecule has 4 nitrogen and oxygen atoms in total. The third-order valence-corrected chi connectivity index (χ3v) is 2.63. The first-order chi connectivity index (χ1) is 8.31. The molecule has 1 amide bonds. The van der Waals surface area contributed by atoms with Gasteiger partial charge in [-0.15, -0.1) is 0 Å². The molecule has 2 aromatic rings. The summed E-state index contributed by atoms with van der Waals surface area (Å²) in [6, 6.07) is 7.57. The molecular weight excluding hydrogens is 216 g/mol. The lowest BCUT2D eigenvalue weighted by molar-refractivity contribution is -0.120. The van der Waals surface area contributed by atoms with E-state index in [1.165, 1.54) is 0 Å². The molecule has 90 valence electrons. The summed E-state index contributed by atoms with van der Waals surface area (Å²) in [7, 11) is 0. The van der Waals surface area contributed by atoms with Gasteiger partial charge in [0.15, 0.2) is 5.58 Å². The van der Waals surface area contributed by atoms with E-state index in [0.29, 0.717) is 5.69 Å². The number of fused-ring (bicyclic) bond motifs is 1. The third-order valence-electron chi connectivity index (χ3n) is 2.63. The van der Waals surface area contributed by atoms with Crippen LogP contribution in [0.25, 0.3) is 11.0 Å². The molecule has 0 saturated carbocycles. The van der Waals surface area contributed by atoms with Gasteiger partial charge in [0.05, 0.1) is 6.42 Å². The second-order valence-electron chi connectivity index (χ2n) is 4.01. The topological polar surface area (TPSA) is 55.1 Å². The molecule has 0 radical (unpaired) electrons. The molecule has 1 aromatic carbocycles. The highest BCUT2D eigenvalue weighted by atomic mass is 16.5. The van der Waals surface area contributed by atoms with Crippen molar-refractivity contribution in [3.05, 3.63) is 30.0 Å². The molecule has 2 rings (SSSR count). The predicted molar refractivity (Wildman–Crippen MR) is 65.6 cm³/mol. The highest BCUT2D eigenvalue weighted by molar-refractivity contribution is 5.86. The highest BCUT2D eigenvalue weighted by Gasteiger charge is 2.11. The lowest BCUT2D eigenvalue weighted by Gasteiger charge is -2.01. The van der Waals surface area contributed by atoms with Gasteiger partial charge in [-0.25, -0.2) is 0 Å². The first kappa shape index (κ1) is 11.6. The summed E-state index contributed by atoms with van der Waals surface area (Å²) >= 11 is 0. The first-order valence-electron chi connectivity index (χ1n) is 5.91. The van der Waals surface area contributed by atoms with E-state index in [-0.39, 0.29) is 12.3 Å². The Morgan fingerprint density at radius 2 is 2.24 bits per heavy atom. The monoisotopic (exact) mass is 232 g/mol. The number of unbranched alkanes of at least 4 members (excludes halogenated alkanes) is 1. The maximum absolute atomic E-state index is 11.6. The van der Waals surface area contributed by atoms with Crippen LogP contribution in [0, 0.1) is 0 Å². The minimum absolute atomic E-state index is 0.00231. The zero-order valence-corrected chi connectivity index (χ0v) is 9.90. The summed E-state index contributed by atoms with van der Waals surface area (Å²) in [5, 5.41) is 7.71. The molecule has 0 bridgehead atoms. The second-order valence-corrected chi connectivity index (χ2v) is 4.01. The Bertz CT molecular complexity index is 505. The molecule has 1 heterocycles. The fourth-order valence-electron chi connectivity index (χ4n) is 1.68. The van der Waals surface area contributed by atoms with E-state index in [1.54, 1.807) is 0 Å². The lowest BCUT2D eigenvalue weighted by atomic mass is 10.1. The van der Waals surface area contributed by atoms with E-state index in [2.05, 4.69) is 17.4 Å². The standard InChI is InChI=1S/C13H16N2O2/c1-2-3-8-14-13(16)9-11-10-6-4-5-7-12(10)17-15-11/h4-7H,2-3,8-9H2,1H3,(H,14,16). The summed E-state index contributed by atoms with van der Waals surface area (Å²) in [5.41, 5.74) is 1.43. The van der Waals surface area contributed by atoms with E-state index in [4.69, 9.17) is 4.52 Å². The number of aromatic nitrogens is 1. The number of para-hydroxylation sites is 1. The number of rotatable bonds is 5. The molecule has 1 aromatic heterocycles.